The fourth-order valence-electron chi connectivity index (χ4n) is 1.78. The molecule has 0 amide bonds. The molecule has 0 atom stereocenters. The van der Waals surface area contributed by atoms with Crippen molar-refractivity contribution in [3.8, 4) is 5.75 Å². The van der Waals surface area contributed by atoms with Gasteiger partial charge in [0, 0.05) is 5.56 Å². The molecule has 0 aliphatic heterocycles. The number of unbranched alkanes of at least 4 members (excludes halogenated alkanes) is 1. The highest BCUT2D eigenvalue weighted by Gasteiger charge is 2.08. The molecule has 17 heavy (non-hydrogen) atoms. The number of aryl methyl sites for hydroxylation is 1. The van der Waals surface area contributed by atoms with Crippen molar-refractivity contribution in [2.45, 2.75) is 33.1 Å². The molecule has 0 spiro atoms. The summed E-state index contributed by atoms with van der Waals surface area (Å²) in [7, 11) is 0. The number of aldehydes is 1. The van der Waals surface area contributed by atoms with E-state index in [9.17, 15) is 4.79 Å². The van der Waals surface area contributed by atoms with E-state index in [0.717, 1.165) is 49.0 Å². The monoisotopic (exact) mass is 232 g/mol. The molecule has 2 nitrogen and oxygen atoms in total. The quantitative estimate of drug-likeness (QED) is 0.407. The summed E-state index contributed by atoms with van der Waals surface area (Å²) in [6.07, 6.45) is 5.58. The molecule has 0 aliphatic carbocycles. The second-order valence-electron chi connectivity index (χ2n) is 4.14. The highest BCUT2D eigenvalue weighted by molar-refractivity contribution is 5.76. The molecule has 0 unspecified atom stereocenters. The van der Waals surface area contributed by atoms with Gasteiger partial charge in [0.2, 0.25) is 0 Å². The Labute approximate surface area is 103 Å². The van der Waals surface area contributed by atoms with Crippen LogP contribution in [0.2, 0.25) is 0 Å². The van der Waals surface area contributed by atoms with E-state index in [1.165, 1.54) is 0 Å². The fourth-order valence-corrected chi connectivity index (χ4v) is 1.78. The SMILES string of the molecule is C=CCc1cc(C=O)cc(C)c1OCCCC. The van der Waals surface area contributed by atoms with Crippen LogP contribution in [0.5, 0.6) is 5.75 Å². The second kappa shape index (κ2) is 6.89. The average Bonchev–Trinajstić information content (AvgIpc) is 2.32. The van der Waals surface area contributed by atoms with Gasteiger partial charge in [0.25, 0.3) is 0 Å². The first-order chi connectivity index (χ1) is 8.22. The highest BCUT2D eigenvalue weighted by atomic mass is 16.5. The molecule has 0 aromatic heterocycles. The number of rotatable bonds is 7. The van der Waals surface area contributed by atoms with Gasteiger partial charge in [-0.05, 0) is 43.0 Å². The zero-order chi connectivity index (χ0) is 12.7. The Balaban J connectivity index is 2.98. The molecule has 0 heterocycles. The van der Waals surface area contributed by atoms with Crippen LogP contribution < -0.4 is 4.74 Å². The molecule has 0 fully saturated rings. The third-order valence-electron chi connectivity index (χ3n) is 2.62. The summed E-state index contributed by atoms with van der Waals surface area (Å²) in [5.41, 5.74) is 2.75. The van der Waals surface area contributed by atoms with Crippen molar-refractivity contribution in [1.82, 2.24) is 0 Å². The first-order valence-corrected chi connectivity index (χ1v) is 6.05. The lowest BCUT2D eigenvalue weighted by atomic mass is 10.0. The third kappa shape index (κ3) is 3.74. The van der Waals surface area contributed by atoms with Gasteiger partial charge in [-0.2, -0.15) is 0 Å². The van der Waals surface area contributed by atoms with Crippen molar-refractivity contribution in [1.29, 1.82) is 0 Å². The van der Waals surface area contributed by atoms with Crippen LogP contribution in [0, 0.1) is 6.92 Å². The molecule has 0 saturated carbocycles. The Kier molecular flexibility index (Phi) is 5.47. The molecule has 1 aromatic carbocycles. The minimum absolute atomic E-state index is 0.696. The standard InChI is InChI=1S/C15H20O2/c1-4-6-8-17-15-12(3)9-13(11-16)10-14(15)7-5-2/h5,9-11H,2,4,6-8H2,1,3H3. The van der Waals surface area contributed by atoms with Crippen LogP contribution in [-0.2, 0) is 6.42 Å². The number of allylic oxidation sites excluding steroid dienone is 1. The molecule has 0 radical (unpaired) electrons. The van der Waals surface area contributed by atoms with Crippen LogP contribution in [0.3, 0.4) is 0 Å². The summed E-state index contributed by atoms with van der Waals surface area (Å²) >= 11 is 0. The van der Waals surface area contributed by atoms with Crippen molar-refractivity contribution in [2.75, 3.05) is 6.61 Å². The molecule has 92 valence electrons. The molecule has 0 bridgehead atoms. The number of benzene rings is 1. The summed E-state index contributed by atoms with van der Waals surface area (Å²) in [4.78, 5) is 10.8. The molecule has 0 aliphatic rings. The van der Waals surface area contributed by atoms with Crippen molar-refractivity contribution >= 4 is 6.29 Å². The predicted octanol–water partition coefficient (Wildman–Crippen LogP) is 3.71. The Morgan fingerprint density at radius 3 is 2.76 bits per heavy atom. The predicted molar refractivity (Wildman–Crippen MR) is 70.9 cm³/mol. The molecule has 0 saturated heterocycles. The smallest absolute Gasteiger partial charge is 0.150 e. The number of hydrogen-bond donors (Lipinski definition) is 0. The Morgan fingerprint density at radius 2 is 2.18 bits per heavy atom. The van der Waals surface area contributed by atoms with Gasteiger partial charge in [-0.25, -0.2) is 0 Å². The number of carbonyl (C=O) groups excluding carboxylic acids is 1. The lowest BCUT2D eigenvalue weighted by Crippen LogP contribution is -2.02. The van der Waals surface area contributed by atoms with Crippen LogP contribution in [0.15, 0.2) is 24.8 Å². The highest BCUT2D eigenvalue weighted by Crippen LogP contribution is 2.26. The van der Waals surface area contributed by atoms with Crippen LogP contribution >= 0.6 is 0 Å². The third-order valence-corrected chi connectivity index (χ3v) is 2.62. The van der Waals surface area contributed by atoms with Crippen molar-refractivity contribution in [3.05, 3.63) is 41.5 Å². The van der Waals surface area contributed by atoms with Crippen LogP contribution in [0.1, 0.15) is 41.3 Å². The van der Waals surface area contributed by atoms with Gasteiger partial charge in [0.1, 0.15) is 12.0 Å². The van der Waals surface area contributed by atoms with E-state index in [1.54, 1.807) is 0 Å². The van der Waals surface area contributed by atoms with Gasteiger partial charge in [0.05, 0.1) is 6.61 Å². The van der Waals surface area contributed by atoms with E-state index in [1.807, 2.05) is 25.1 Å². The minimum atomic E-state index is 0.696. The van der Waals surface area contributed by atoms with E-state index in [4.69, 9.17) is 4.74 Å². The van der Waals surface area contributed by atoms with Gasteiger partial charge < -0.3 is 4.74 Å². The lowest BCUT2D eigenvalue weighted by Gasteiger charge is -2.14. The largest absolute Gasteiger partial charge is 0.493 e. The van der Waals surface area contributed by atoms with E-state index in [0.29, 0.717) is 5.56 Å². The average molecular weight is 232 g/mol. The van der Waals surface area contributed by atoms with Crippen molar-refractivity contribution < 1.29 is 9.53 Å². The molecule has 1 aromatic rings. The maximum atomic E-state index is 10.8. The van der Waals surface area contributed by atoms with Crippen LogP contribution in [-0.4, -0.2) is 12.9 Å². The van der Waals surface area contributed by atoms with Crippen molar-refractivity contribution in [2.24, 2.45) is 0 Å². The zero-order valence-corrected chi connectivity index (χ0v) is 10.7. The van der Waals surface area contributed by atoms with E-state index < -0.39 is 0 Å². The second-order valence-corrected chi connectivity index (χ2v) is 4.14. The summed E-state index contributed by atoms with van der Waals surface area (Å²) in [6.45, 7) is 8.57. The molecular weight excluding hydrogens is 212 g/mol. The first kappa shape index (κ1) is 13.5. The summed E-state index contributed by atoms with van der Waals surface area (Å²) in [5, 5.41) is 0. The number of hydrogen-bond acceptors (Lipinski definition) is 2. The van der Waals surface area contributed by atoms with Gasteiger partial charge in [-0.1, -0.05) is 19.4 Å². The normalized spacial score (nSPS) is 10.0. The zero-order valence-electron chi connectivity index (χ0n) is 10.7. The number of ether oxygens (including phenoxy) is 1. The summed E-state index contributed by atoms with van der Waals surface area (Å²) < 4.78 is 5.80. The van der Waals surface area contributed by atoms with Gasteiger partial charge in [-0.3, -0.25) is 4.79 Å². The Bertz CT molecular complexity index is 394. The molecular formula is C15H20O2. The van der Waals surface area contributed by atoms with Gasteiger partial charge >= 0.3 is 0 Å². The van der Waals surface area contributed by atoms with Crippen LogP contribution in [0.4, 0.5) is 0 Å². The first-order valence-electron chi connectivity index (χ1n) is 6.05. The maximum Gasteiger partial charge on any atom is 0.150 e. The summed E-state index contributed by atoms with van der Waals surface area (Å²) in [6, 6.07) is 3.74. The number of carbonyl (C=O) groups is 1. The molecule has 2 heteroatoms. The maximum absolute atomic E-state index is 10.8. The topological polar surface area (TPSA) is 26.3 Å². The Hall–Kier alpha value is -1.57. The fraction of sp³-hybridized carbons (Fsp3) is 0.400. The van der Waals surface area contributed by atoms with E-state index in [2.05, 4.69) is 13.5 Å². The molecule has 1 rings (SSSR count). The van der Waals surface area contributed by atoms with Crippen molar-refractivity contribution in [3.63, 3.8) is 0 Å². The minimum Gasteiger partial charge on any atom is -0.493 e. The van der Waals surface area contributed by atoms with Gasteiger partial charge in [0.15, 0.2) is 0 Å². The van der Waals surface area contributed by atoms with Crippen LogP contribution in [0.25, 0.3) is 0 Å². The van der Waals surface area contributed by atoms with E-state index in [-0.39, 0.29) is 0 Å². The Morgan fingerprint density at radius 1 is 1.41 bits per heavy atom. The van der Waals surface area contributed by atoms with Gasteiger partial charge in [-0.15, -0.1) is 6.58 Å². The lowest BCUT2D eigenvalue weighted by molar-refractivity contribution is 0.112. The summed E-state index contributed by atoms with van der Waals surface area (Å²) in [5.74, 6) is 0.906. The molecule has 0 N–H and O–H groups in total. The van der Waals surface area contributed by atoms with E-state index >= 15 is 0 Å².